The van der Waals surface area contributed by atoms with Crippen molar-refractivity contribution in [3.05, 3.63) is 51.9 Å². The molecule has 3 rings (SSSR count). The van der Waals surface area contributed by atoms with E-state index >= 15 is 0 Å². The minimum atomic E-state index is 0.0185. The molecule has 1 aliphatic heterocycles. The van der Waals surface area contributed by atoms with Crippen molar-refractivity contribution >= 4 is 0 Å². The Morgan fingerprint density at radius 1 is 1.30 bits per heavy atom. The summed E-state index contributed by atoms with van der Waals surface area (Å²) in [4.78, 5) is 22.2. The minimum absolute atomic E-state index is 0.0185. The fourth-order valence-electron chi connectivity index (χ4n) is 2.73. The summed E-state index contributed by atoms with van der Waals surface area (Å²) in [5.41, 5.74) is 2.77. The van der Waals surface area contributed by atoms with Gasteiger partial charge in [-0.3, -0.25) is 9.69 Å². The summed E-state index contributed by atoms with van der Waals surface area (Å²) in [6, 6.07) is 9.81. The molecule has 0 saturated heterocycles. The number of fused-ring (bicyclic) bond motifs is 1. The average Bonchev–Trinajstić information content (AvgIpc) is 2.48. The van der Waals surface area contributed by atoms with Crippen LogP contribution in [0.5, 0.6) is 0 Å². The fourth-order valence-corrected chi connectivity index (χ4v) is 2.73. The molecule has 2 aromatic rings. The zero-order valence-corrected chi connectivity index (χ0v) is 11.7. The first-order valence-electron chi connectivity index (χ1n) is 7.17. The Bertz CT molecular complexity index is 649. The Labute approximate surface area is 118 Å². The van der Waals surface area contributed by atoms with E-state index in [2.05, 4.69) is 21.8 Å². The first-order chi connectivity index (χ1) is 9.78. The van der Waals surface area contributed by atoms with Crippen LogP contribution in [0.2, 0.25) is 0 Å². The SMILES string of the molecule is CCCN1CCc2c(nc(-c3ccccc3)[nH]c2=O)C1. The Kier molecular flexibility index (Phi) is 3.65. The summed E-state index contributed by atoms with van der Waals surface area (Å²) in [5.74, 6) is 0.674. The summed E-state index contributed by atoms with van der Waals surface area (Å²) in [7, 11) is 0. The van der Waals surface area contributed by atoms with Crippen LogP contribution in [0.15, 0.2) is 35.1 Å². The first kappa shape index (κ1) is 13.1. The van der Waals surface area contributed by atoms with Crippen LogP contribution in [0, 0.1) is 0 Å². The highest BCUT2D eigenvalue weighted by molar-refractivity contribution is 5.54. The van der Waals surface area contributed by atoms with Gasteiger partial charge < -0.3 is 4.98 Å². The zero-order chi connectivity index (χ0) is 13.9. The molecule has 1 aromatic carbocycles. The summed E-state index contributed by atoms with van der Waals surface area (Å²) in [5, 5.41) is 0. The second kappa shape index (κ2) is 5.59. The lowest BCUT2D eigenvalue weighted by Crippen LogP contribution is -2.35. The molecule has 0 aliphatic carbocycles. The first-order valence-corrected chi connectivity index (χ1v) is 7.17. The molecule has 1 N–H and O–H groups in total. The second-order valence-corrected chi connectivity index (χ2v) is 5.23. The lowest BCUT2D eigenvalue weighted by molar-refractivity contribution is 0.250. The van der Waals surface area contributed by atoms with Crippen LogP contribution < -0.4 is 5.56 Å². The predicted octanol–water partition coefficient (Wildman–Crippen LogP) is 2.21. The third-order valence-corrected chi connectivity index (χ3v) is 3.74. The van der Waals surface area contributed by atoms with E-state index < -0.39 is 0 Å². The molecule has 4 heteroatoms. The molecule has 2 heterocycles. The van der Waals surface area contributed by atoms with E-state index in [0.717, 1.165) is 49.3 Å². The van der Waals surface area contributed by atoms with Crippen LogP contribution in [-0.2, 0) is 13.0 Å². The van der Waals surface area contributed by atoms with E-state index in [0.29, 0.717) is 5.82 Å². The number of nitrogens with one attached hydrogen (secondary N) is 1. The molecule has 0 atom stereocenters. The molecule has 4 nitrogen and oxygen atoms in total. The van der Waals surface area contributed by atoms with Gasteiger partial charge in [-0.25, -0.2) is 4.98 Å². The fraction of sp³-hybridized carbons (Fsp3) is 0.375. The maximum absolute atomic E-state index is 12.2. The van der Waals surface area contributed by atoms with Crippen molar-refractivity contribution in [2.24, 2.45) is 0 Å². The number of H-pyrrole nitrogens is 1. The third-order valence-electron chi connectivity index (χ3n) is 3.74. The summed E-state index contributed by atoms with van der Waals surface area (Å²) in [6.07, 6.45) is 1.93. The highest BCUT2D eigenvalue weighted by Crippen LogP contribution is 2.18. The van der Waals surface area contributed by atoms with Crippen molar-refractivity contribution in [2.75, 3.05) is 13.1 Å². The van der Waals surface area contributed by atoms with E-state index in [1.165, 1.54) is 0 Å². The van der Waals surface area contributed by atoms with Crippen LogP contribution >= 0.6 is 0 Å². The van der Waals surface area contributed by atoms with E-state index in [4.69, 9.17) is 0 Å². The Hall–Kier alpha value is -1.94. The molecular formula is C16H19N3O. The molecule has 0 radical (unpaired) electrons. The van der Waals surface area contributed by atoms with Crippen molar-refractivity contribution in [1.29, 1.82) is 0 Å². The van der Waals surface area contributed by atoms with E-state index in [9.17, 15) is 4.79 Å². The van der Waals surface area contributed by atoms with E-state index in [-0.39, 0.29) is 5.56 Å². The number of rotatable bonds is 3. The normalized spacial score (nSPS) is 15.1. The zero-order valence-electron chi connectivity index (χ0n) is 11.7. The predicted molar refractivity (Wildman–Crippen MR) is 79.6 cm³/mol. The molecule has 0 spiro atoms. The van der Waals surface area contributed by atoms with Gasteiger partial charge >= 0.3 is 0 Å². The highest BCUT2D eigenvalue weighted by Gasteiger charge is 2.20. The molecule has 0 unspecified atom stereocenters. The number of aromatic nitrogens is 2. The number of aromatic amines is 1. The van der Waals surface area contributed by atoms with Gasteiger partial charge in [0.25, 0.3) is 5.56 Å². The average molecular weight is 269 g/mol. The van der Waals surface area contributed by atoms with Gasteiger partial charge in [0.05, 0.1) is 5.69 Å². The number of benzene rings is 1. The van der Waals surface area contributed by atoms with E-state index in [1.807, 2.05) is 30.3 Å². The van der Waals surface area contributed by atoms with Gasteiger partial charge in [-0.05, 0) is 19.4 Å². The van der Waals surface area contributed by atoms with Gasteiger partial charge in [-0.2, -0.15) is 0 Å². The summed E-state index contributed by atoms with van der Waals surface area (Å²) in [6.45, 7) is 4.98. The van der Waals surface area contributed by atoms with Crippen LogP contribution in [0.25, 0.3) is 11.4 Å². The monoisotopic (exact) mass is 269 g/mol. The highest BCUT2D eigenvalue weighted by atomic mass is 16.1. The molecule has 1 aromatic heterocycles. The Morgan fingerprint density at radius 2 is 2.10 bits per heavy atom. The smallest absolute Gasteiger partial charge is 0.254 e. The van der Waals surface area contributed by atoms with Gasteiger partial charge in [0.2, 0.25) is 0 Å². The van der Waals surface area contributed by atoms with Gasteiger partial charge in [-0.15, -0.1) is 0 Å². The molecular weight excluding hydrogens is 250 g/mol. The Balaban J connectivity index is 1.99. The van der Waals surface area contributed by atoms with Crippen LogP contribution in [0.1, 0.15) is 24.6 Å². The van der Waals surface area contributed by atoms with Crippen LogP contribution in [0.3, 0.4) is 0 Å². The maximum atomic E-state index is 12.2. The number of hydrogen-bond donors (Lipinski definition) is 1. The molecule has 0 amide bonds. The lowest BCUT2D eigenvalue weighted by atomic mass is 10.1. The van der Waals surface area contributed by atoms with Gasteiger partial charge in [0.1, 0.15) is 5.82 Å². The van der Waals surface area contributed by atoms with Crippen molar-refractivity contribution in [3.63, 3.8) is 0 Å². The standard InChI is InChI=1S/C16H19N3O/c1-2-9-19-10-8-13-14(11-19)17-15(18-16(13)20)12-6-4-3-5-7-12/h3-7H,2,8-11H2,1H3,(H,17,18,20). The molecule has 0 saturated carbocycles. The van der Waals surface area contributed by atoms with Crippen molar-refractivity contribution in [1.82, 2.24) is 14.9 Å². The minimum Gasteiger partial charge on any atom is -0.306 e. The van der Waals surface area contributed by atoms with Crippen molar-refractivity contribution in [3.8, 4) is 11.4 Å². The lowest BCUT2D eigenvalue weighted by Gasteiger charge is -2.27. The Morgan fingerprint density at radius 3 is 2.85 bits per heavy atom. The third kappa shape index (κ3) is 2.51. The molecule has 0 fully saturated rings. The number of nitrogens with zero attached hydrogens (tertiary/aromatic N) is 2. The van der Waals surface area contributed by atoms with Crippen molar-refractivity contribution < 1.29 is 0 Å². The largest absolute Gasteiger partial charge is 0.306 e. The van der Waals surface area contributed by atoms with Crippen LogP contribution in [0.4, 0.5) is 0 Å². The van der Waals surface area contributed by atoms with Crippen molar-refractivity contribution in [2.45, 2.75) is 26.3 Å². The van der Waals surface area contributed by atoms with E-state index in [1.54, 1.807) is 0 Å². The summed E-state index contributed by atoms with van der Waals surface area (Å²) >= 11 is 0. The van der Waals surface area contributed by atoms with Gasteiger partial charge in [0.15, 0.2) is 0 Å². The second-order valence-electron chi connectivity index (χ2n) is 5.23. The van der Waals surface area contributed by atoms with Crippen LogP contribution in [-0.4, -0.2) is 28.0 Å². The molecule has 20 heavy (non-hydrogen) atoms. The number of hydrogen-bond acceptors (Lipinski definition) is 3. The van der Waals surface area contributed by atoms with Gasteiger partial charge in [0, 0.05) is 24.2 Å². The molecule has 104 valence electrons. The molecule has 0 bridgehead atoms. The molecule has 1 aliphatic rings. The maximum Gasteiger partial charge on any atom is 0.254 e. The summed E-state index contributed by atoms with van der Waals surface area (Å²) < 4.78 is 0. The van der Waals surface area contributed by atoms with Gasteiger partial charge in [-0.1, -0.05) is 37.3 Å². The quantitative estimate of drug-likeness (QED) is 0.929. The topological polar surface area (TPSA) is 49.0 Å².